The number of aromatic nitrogens is 2. The van der Waals surface area contributed by atoms with E-state index in [1.807, 2.05) is 25.3 Å². The fraction of sp³-hybridized carbons (Fsp3) is 0.182. The largest absolute Gasteiger partial charge is 0.337 e. The Morgan fingerprint density at radius 3 is 2.53 bits per heavy atom. The van der Waals surface area contributed by atoms with Gasteiger partial charge < -0.3 is 9.55 Å². The van der Waals surface area contributed by atoms with E-state index in [9.17, 15) is 0 Å². The lowest BCUT2D eigenvalue weighted by molar-refractivity contribution is 0.758. The van der Waals surface area contributed by atoms with Crippen molar-refractivity contribution in [3.8, 4) is 0 Å². The van der Waals surface area contributed by atoms with E-state index in [-0.39, 0.29) is 0 Å². The Kier molecular flexibility index (Phi) is 3.07. The summed E-state index contributed by atoms with van der Waals surface area (Å²) in [4.78, 5) is 3.04. The first-order valence-corrected chi connectivity index (χ1v) is 5.86. The molecular weight excluding hydrogens is 272 g/mol. The zero-order valence-corrected chi connectivity index (χ0v) is 10.7. The predicted octanol–water partition coefficient (Wildman–Crippen LogP) is 3.66. The van der Waals surface area contributed by atoms with Crippen LogP contribution in [0.1, 0.15) is 11.3 Å². The minimum absolute atomic E-state index is 0.774. The zero-order valence-electron chi connectivity index (χ0n) is 8.33. The lowest BCUT2D eigenvalue weighted by Crippen LogP contribution is -2.01. The molecule has 0 spiro atoms. The van der Waals surface area contributed by atoms with Crippen molar-refractivity contribution in [1.29, 1.82) is 0 Å². The molecule has 2 rings (SSSR count). The van der Waals surface area contributed by atoms with Gasteiger partial charge in [0.15, 0.2) is 4.77 Å². The van der Waals surface area contributed by atoms with E-state index >= 15 is 0 Å². The van der Waals surface area contributed by atoms with Crippen LogP contribution in [-0.2, 0) is 6.54 Å². The fourth-order valence-electron chi connectivity index (χ4n) is 1.45. The Bertz CT molecular complexity index is 510. The van der Waals surface area contributed by atoms with E-state index in [4.69, 9.17) is 12.2 Å². The standard InChI is InChI=1S/C11H11BrN2S/c1-8-6-13-11(15)14(8)7-9-2-4-10(12)5-3-9/h2-6H,7H2,1H3,(H,13,15). The molecule has 78 valence electrons. The lowest BCUT2D eigenvalue weighted by Gasteiger charge is -2.05. The van der Waals surface area contributed by atoms with E-state index in [0.717, 1.165) is 21.5 Å². The molecule has 0 radical (unpaired) electrons. The van der Waals surface area contributed by atoms with Crippen LogP contribution in [-0.4, -0.2) is 9.55 Å². The van der Waals surface area contributed by atoms with Gasteiger partial charge in [0, 0.05) is 16.4 Å². The molecule has 0 aliphatic rings. The maximum absolute atomic E-state index is 5.20. The number of benzene rings is 1. The van der Waals surface area contributed by atoms with Crippen LogP contribution < -0.4 is 0 Å². The van der Waals surface area contributed by atoms with Gasteiger partial charge in [-0.05, 0) is 36.8 Å². The summed E-state index contributed by atoms with van der Waals surface area (Å²) in [6.07, 6.45) is 1.93. The maximum Gasteiger partial charge on any atom is 0.177 e. The van der Waals surface area contributed by atoms with Crippen molar-refractivity contribution in [2.45, 2.75) is 13.5 Å². The van der Waals surface area contributed by atoms with Gasteiger partial charge in [-0.3, -0.25) is 0 Å². The molecule has 1 aromatic heterocycles. The van der Waals surface area contributed by atoms with Crippen molar-refractivity contribution in [2.24, 2.45) is 0 Å². The minimum Gasteiger partial charge on any atom is -0.337 e. The smallest absolute Gasteiger partial charge is 0.177 e. The topological polar surface area (TPSA) is 20.7 Å². The maximum atomic E-state index is 5.20. The highest BCUT2D eigenvalue weighted by molar-refractivity contribution is 9.10. The molecule has 4 heteroatoms. The third-order valence-electron chi connectivity index (χ3n) is 2.33. The highest BCUT2D eigenvalue weighted by atomic mass is 79.9. The van der Waals surface area contributed by atoms with E-state index < -0.39 is 0 Å². The van der Waals surface area contributed by atoms with E-state index in [1.165, 1.54) is 5.56 Å². The van der Waals surface area contributed by atoms with Crippen LogP contribution in [0.15, 0.2) is 34.9 Å². The van der Waals surface area contributed by atoms with Crippen molar-refractivity contribution >= 4 is 28.1 Å². The summed E-state index contributed by atoms with van der Waals surface area (Å²) in [6, 6.07) is 8.28. The molecule has 0 saturated carbocycles. The van der Waals surface area contributed by atoms with Crippen LogP contribution in [0.4, 0.5) is 0 Å². The third kappa shape index (κ3) is 2.38. The Balaban J connectivity index is 2.29. The number of rotatable bonds is 2. The summed E-state index contributed by atoms with van der Waals surface area (Å²) in [5, 5.41) is 0. The number of hydrogen-bond donors (Lipinski definition) is 1. The van der Waals surface area contributed by atoms with Gasteiger partial charge >= 0.3 is 0 Å². The van der Waals surface area contributed by atoms with Crippen LogP contribution >= 0.6 is 28.1 Å². The molecule has 0 aliphatic carbocycles. The highest BCUT2D eigenvalue weighted by Crippen LogP contribution is 2.12. The number of aromatic amines is 1. The molecular formula is C11H11BrN2S. The van der Waals surface area contributed by atoms with Crippen molar-refractivity contribution in [1.82, 2.24) is 9.55 Å². The van der Waals surface area contributed by atoms with Gasteiger partial charge in [0.05, 0.1) is 6.54 Å². The Morgan fingerprint density at radius 1 is 1.33 bits per heavy atom. The van der Waals surface area contributed by atoms with Gasteiger partial charge in [-0.1, -0.05) is 28.1 Å². The molecule has 15 heavy (non-hydrogen) atoms. The third-order valence-corrected chi connectivity index (χ3v) is 3.20. The fourth-order valence-corrected chi connectivity index (χ4v) is 1.98. The zero-order chi connectivity index (χ0) is 10.8. The summed E-state index contributed by atoms with van der Waals surface area (Å²) in [7, 11) is 0. The molecule has 0 fully saturated rings. The van der Waals surface area contributed by atoms with Crippen molar-refractivity contribution < 1.29 is 0 Å². The molecule has 0 saturated heterocycles. The van der Waals surface area contributed by atoms with Crippen molar-refractivity contribution in [3.05, 3.63) is 51.0 Å². The number of aryl methyl sites for hydroxylation is 1. The second-order valence-electron chi connectivity index (χ2n) is 3.45. The molecule has 0 bridgehead atoms. The molecule has 0 aliphatic heterocycles. The Hall–Kier alpha value is -0.870. The number of H-pyrrole nitrogens is 1. The average Bonchev–Trinajstić information content (AvgIpc) is 2.53. The SMILES string of the molecule is Cc1c[nH]c(=S)n1Cc1ccc(Br)cc1. The van der Waals surface area contributed by atoms with E-state index in [0.29, 0.717) is 0 Å². The minimum atomic E-state index is 0.774. The van der Waals surface area contributed by atoms with Gasteiger partial charge in [-0.25, -0.2) is 0 Å². The first kappa shape index (κ1) is 10.6. The number of halogens is 1. The summed E-state index contributed by atoms with van der Waals surface area (Å²) in [6.45, 7) is 2.87. The second-order valence-corrected chi connectivity index (χ2v) is 4.75. The lowest BCUT2D eigenvalue weighted by atomic mass is 10.2. The van der Waals surface area contributed by atoms with Crippen LogP contribution in [0.25, 0.3) is 0 Å². The Morgan fingerprint density at radius 2 is 2.00 bits per heavy atom. The van der Waals surface area contributed by atoms with Crippen LogP contribution in [0.2, 0.25) is 0 Å². The van der Waals surface area contributed by atoms with Crippen LogP contribution in [0.5, 0.6) is 0 Å². The first-order chi connectivity index (χ1) is 7.16. The highest BCUT2D eigenvalue weighted by Gasteiger charge is 2.00. The average molecular weight is 283 g/mol. The van der Waals surface area contributed by atoms with Gasteiger partial charge in [0.25, 0.3) is 0 Å². The first-order valence-electron chi connectivity index (χ1n) is 4.66. The number of imidazole rings is 1. The van der Waals surface area contributed by atoms with Gasteiger partial charge in [-0.2, -0.15) is 0 Å². The molecule has 2 nitrogen and oxygen atoms in total. The molecule has 1 aromatic carbocycles. The van der Waals surface area contributed by atoms with Gasteiger partial charge in [-0.15, -0.1) is 0 Å². The second kappa shape index (κ2) is 4.33. The summed E-state index contributed by atoms with van der Waals surface area (Å²) >= 11 is 8.61. The van der Waals surface area contributed by atoms with E-state index in [1.54, 1.807) is 0 Å². The predicted molar refractivity (Wildman–Crippen MR) is 67.6 cm³/mol. The number of hydrogen-bond acceptors (Lipinski definition) is 1. The van der Waals surface area contributed by atoms with Crippen LogP contribution in [0.3, 0.4) is 0 Å². The monoisotopic (exact) mass is 282 g/mol. The Labute approximate surface area is 102 Å². The summed E-state index contributed by atoms with van der Waals surface area (Å²) < 4.78 is 3.95. The normalized spacial score (nSPS) is 10.5. The van der Waals surface area contributed by atoms with Crippen molar-refractivity contribution in [2.75, 3.05) is 0 Å². The number of nitrogens with one attached hydrogen (secondary N) is 1. The van der Waals surface area contributed by atoms with Gasteiger partial charge in [0.2, 0.25) is 0 Å². The molecule has 0 amide bonds. The van der Waals surface area contributed by atoms with Gasteiger partial charge in [0.1, 0.15) is 0 Å². The van der Waals surface area contributed by atoms with Crippen molar-refractivity contribution in [3.63, 3.8) is 0 Å². The molecule has 0 atom stereocenters. The molecule has 2 aromatic rings. The number of nitrogens with zero attached hydrogens (tertiary/aromatic N) is 1. The van der Waals surface area contributed by atoms with E-state index in [2.05, 4.69) is 37.6 Å². The molecule has 1 heterocycles. The quantitative estimate of drug-likeness (QED) is 0.834. The summed E-state index contributed by atoms with van der Waals surface area (Å²) in [5.41, 5.74) is 2.40. The van der Waals surface area contributed by atoms with Crippen LogP contribution in [0, 0.1) is 11.7 Å². The summed E-state index contributed by atoms with van der Waals surface area (Å²) in [5.74, 6) is 0. The molecule has 0 unspecified atom stereocenters. The molecule has 1 N–H and O–H groups in total.